The summed E-state index contributed by atoms with van der Waals surface area (Å²) >= 11 is 0. The predicted octanol–water partition coefficient (Wildman–Crippen LogP) is 4.77. The fourth-order valence-corrected chi connectivity index (χ4v) is 1.95. The zero-order valence-electron chi connectivity index (χ0n) is 11.0. The van der Waals surface area contributed by atoms with Gasteiger partial charge in [-0.05, 0) is 35.4 Å². The van der Waals surface area contributed by atoms with E-state index in [1.54, 1.807) is 0 Å². The minimum atomic E-state index is -4.45. The highest BCUT2D eigenvalue weighted by Gasteiger charge is 2.31. The molecule has 0 aliphatic carbocycles. The quantitative estimate of drug-likeness (QED) is 0.793. The van der Waals surface area contributed by atoms with Crippen LogP contribution >= 0.6 is 0 Å². The minimum Gasteiger partial charge on any atom is -0.320 e. The topological polar surface area (TPSA) is 26.0 Å². The van der Waals surface area contributed by atoms with Gasteiger partial charge in [0, 0.05) is 0 Å². The molecular weight excluding hydrogens is 308 g/mol. The smallest absolute Gasteiger partial charge is 0.320 e. The van der Waals surface area contributed by atoms with E-state index in [1.165, 1.54) is 24.3 Å². The molecule has 2 N–H and O–H groups in total. The molecule has 1 nitrogen and oxygen atoms in total. The van der Waals surface area contributed by atoms with Crippen LogP contribution in [0.2, 0.25) is 0 Å². The van der Waals surface area contributed by atoms with Crippen molar-refractivity contribution in [2.45, 2.75) is 18.4 Å². The molecule has 0 aliphatic rings. The van der Waals surface area contributed by atoms with Gasteiger partial charge in [0.05, 0.1) is 17.2 Å². The van der Waals surface area contributed by atoms with Crippen molar-refractivity contribution in [3.63, 3.8) is 0 Å². The first-order chi connectivity index (χ1) is 10.1. The SMILES string of the molecule is NC(c1ccc(C(F)(F)F)cc1)c1ccc(C(F)(F)F)cc1. The highest BCUT2D eigenvalue weighted by Crippen LogP contribution is 2.32. The van der Waals surface area contributed by atoms with Crippen molar-refractivity contribution in [1.29, 1.82) is 0 Å². The normalized spacial score (nSPS) is 12.7. The Morgan fingerprint density at radius 1 is 0.591 bits per heavy atom. The maximum atomic E-state index is 12.5. The Kier molecular flexibility index (Phi) is 4.19. The molecular formula is C15H11F6N. The lowest BCUT2D eigenvalue weighted by molar-refractivity contribution is -0.138. The van der Waals surface area contributed by atoms with Gasteiger partial charge in [-0.2, -0.15) is 26.3 Å². The van der Waals surface area contributed by atoms with E-state index in [9.17, 15) is 26.3 Å². The molecule has 0 fully saturated rings. The van der Waals surface area contributed by atoms with E-state index in [4.69, 9.17) is 5.73 Å². The molecule has 2 aromatic carbocycles. The number of hydrogen-bond acceptors (Lipinski definition) is 1. The molecule has 118 valence electrons. The third-order valence-electron chi connectivity index (χ3n) is 3.19. The van der Waals surface area contributed by atoms with Crippen LogP contribution in [-0.2, 0) is 12.4 Å². The maximum absolute atomic E-state index is 12.5. The predicted molar refractivity (Wildman–Crippen MR) is 68.9 cm³/mol. The molecule has 0 bridgehead atoms. The fraction of sp³-hybridized carbons (Fsp3) is 0.200. The number of nitrogens with two attached hydrogens (primary N) is 1. The molecule has 0 saturated heterocycles. The molecule has 22 heavy (non-hydrogen) atoms. The molecule has 0 heterocycles. The van der Waals surface area contributed by atoms with E-state index in [-0.39, 0.29) is 0 Å². The van der Waals surface area contributed by atoms with Crippen molar-refractivity contribution in [2.24, 2.45) is 5.73 Å². The van der Waals surface area contributed by atoms with Gasteiger partial charge in [-0.3, -0.25) is 0 Å². The third-order valence-corrected chi connectivity index (χ3v) is 3.19. The number of hydrogen-bond donors (Lipinski definition) is 1. The van der Waals surface area contributed by atoms with Gasteiger partial charge in [0.2, 0.25) is 0 Å². The molecule has 0 atom stereocenters. The van der Waals surface area contributed by atoms with Crippen LogP contribution in [0.15, 0.2) is 48.5 Å². The molecule has 0 saturated carbocycles. The lowest BCUT2D eigenvalue weighted by atomic mass is 9.97. The average molecular weight is 319 g/mol. The molecule has 0 aliphatic heterocycles. The highest BCUT2D eigenvalue weighted by molar-refractivity contribution is 5.35. The zero-order chi connectivity index (χ0) is 16.5. The average Bonchev–Trinajstić information content (AvgIpc) is 2.45. The summed E-state index contributed by atoms with van der Waals surface area (Å²) < 4.78 is 74.8. The monoisotopic (exact) mass is 319 g/mol. The van der Waals surface area contributed by atoms with E-state index >= 15 is 0 Å². The van der Waals surface area contributed by atoms with E-state index in [1.807, 2.05) is 0 Å². The van der Waals surface area contributed by atoms with Crippen molar-refractivity contribution in [1.82, 2.24) is 0 Å². The van der Waals surface area contributed by atoms with E-state index < -0.39 is 29.5 Å². The third kappa shape index (κ3) is 3.59. The molecule has 0 unspecified atom stereocenters. The Labute approximate surface area is 122 Å². The van der Waals surface area contributed by atoms with E-state index in [0.29, 0.717) is 11.1 Å². The van der Waals surface area contributed by atoms with E-state index in [2.05, 4.69) is 0 Å². The van der Waals surface area contributed by atoms with Crippen LogP contribution < -0.4 is 5.73 Å². The Balaban J connectivity index is 2.23. The van der Waals surface area contributed by atoms with Crippen LogP contribution in [0.4, 0.5) is 26.3 Å². The summed E-state index contributed by atoms with van der Waals surface area (Å²) in [7, 11) is 0. The van der Waals surface area contributed by atoms with Gasteiger partial charge in [0.15, 0.2) is 0 Å². The number of rotatable bonds is 2. The number of alkyl halides is 6. The molecule has 0 spiro atoms. The molecule has 0 aromatic heterocycles. The lowest BCUT2D eigenvalue weighted by Gasteiger charge is -2.15. The van der Waals surface area contributed by atoms with Gasteiger partial charge in [-0.15, -0.1) is 0 Å². The lowest BCUT2D eigenvalue weighted by Crippen LogP contribution is -2.13. The first-order valence-corrected chi connectivity index (χ1v) is 6.19. The molecule has 0 amide bonds. The number of halogens is 6. The largest absolute Gasteiger partial charge is 0.416 e. The summed E-state index contributed by atoms with van der Waals surface area (Å²) in [4.78, 5) is 0. The molecule has 2 aromatic rings. The van der Waals surface area contributed by atoms with Crippen LogP contribution in [-0.4, -0.2) is 0 Å². The second-order valence-electron chi connectivity index (χ2n) is 4.72. The van der Waals surface area contributed by atoms with Crippen molar-refractivity contribution < 1.29 is 26.3 Å². The van der Waals surface area contributed by atoms with Crippen molar-refractivity contribution in [2.75, 3.05) is 0 Å². The van der Waals surface area contributed by atoms with Crippen LogP contribution in [0.1, 0.15) is 28.3 Å². The van der Waals surface area contributed by atoms with Crippen molar-refractivity contribution >= 4 is 0 Å². The van der Waals surface area contributed by atoms with Gasteiger partial charge in [0.1, 0.15) is 0 Å². The van der Waals surface area contributed by atoms with Gasteiger partial charge in [-0.1, -0.05) is 24.3 Å². The Morgan fingerprint density at radius 2 is 0.864 bits per heavy atom. The first-order valence-electron chi connectivity index (χ1n) is 6.19. The minimum absolute atomic E-state index is 0.382. The molecule has 2 rings (SSSR count). The molecule has 0 radical (unpaired) electrons. The second kappa shape index (κ2) is 5.64. The summed E-state index contributed by atoms with van der Waals surface area (Å²) in [6, 6.07) is 7.61. The van der Waals surface area contributed by atoms with Crippen LogP contribution in [0.25, 0.3) is 0 Å². The van der Waals surface area contributed by atoms with Crippen molar-refractivity contribution in [3.05, 3.63) is 70.8 Å². The number of benzene rings is 2. The summed E-state index contributed by atoms with van der Waals surface area (Å²) in [5, 5.41) is 0. The van der Waals surface area contributed by atoms with Crippen LogP contribution in [0, 0.1) is 0 Å². The van der Waals surface area contributed by atoms with Gasteiger partial charge in [-0.25, -0.2) is 0 Å². The van der Waals surface area contributed by atoms with Gasteiger partial charge >= 0.3 is 12.4 Å². The fourth-order valence-electron chi connectivity index (χ4n) is 1.95. The highest BCUT2D eigenvalue weighted by atomic mass is 19.4. The Morgan fingerprint density at radius 3 is 1.09 bits per heavy atom. The summed E-state index contributed by atoms with van der Waals surface area (Å²) in [6.07, 6.45) is -8.89. The summed E-state index contributed by atoms with van der Waals surface area (Å²) in [6.45, 7) is 0. The Hall–Kier alpha value is -2.02. The van der Waals surface area contributed by atoms with E-state index in [0.717, 1.165) is 24.3 Å². The van der Waals surface area contributed by atoms with Gasteiger partial charge < -0.3 is 5.73 Å². The standard InChI is InChI=1S/C15H11F6N/c16-14(17,18)11-5-1-9(2-6-11)13(22)10-3-7-12(8-4-10)15(19,20)21/h1-8,13H,22H2. The summed E-state index contributed by atoms with van der Waals surface area (Å²) in [5.74, 6) is 0. The van der Waals surface area contributed by atoms with Gasteiger partial charge in [0.25, 0.3) is 0 Å². The maximum Gasteiger partial charge on any atom is 0.416 e. The first kappa shape index (κ1) is 16.4. The zero-order valence-corrected chi connectivity index (χ0v) is 11.0. The van der Waals surface area contributed by atoms with Crippen LogP contribution in [0.3, 0.4) is 0 Å². The van der Waals surface area contributed by atoms with Crippen molar-refractivity contribution in [3.8, 4) is 0 Å². The Bertz CT molecular complexity index is 568. The summed E-state index contributed by atoms with van der Waals surface area (Å²) in [5.41, 5.74) is 5.02. The van der Waals surface area contributed by atoms with Crippen LogP contribution in [0.5, 0.6) is 0 Å². The second-order valence-corrected chi connectivity index (χ2v) is 4.72. The molecule has 7 heteroatoms.